The first-order chi connectivity index (χ1) is 9.34. The molecule has 20 heavy (non-hydrogen) atoms. The van der Waals surface area contributed by atoms with Gasteiger partial charge in [-0.25, -0.2) is 13.6 Å². The number of rotatable bonds is 4. The van der Waals surface area contributed by atoms with Gasteiger partial charge in [-0.2, -0.15) is 5.26 Å². The minimum absolute atomic E-state index is 0.0887. The van der Waals surface area contributed by atoms with Crippen LogP contribution in [0.25, 0.3) is 0 Å². The highest BCUT2D eigenvalue weighted by Gasteiger charge is 2.42. The monoisotopic (exact) mass is 282 g/mol. The lowest BCUT2D eigenvalue weighted by Crippen LogP contribution is -2.62. The minimum Gasteiger partial charge on any atom is -0.480 e. The smallest absolute Gasteiger partial charge is 0.329 e. The van der Waals surface area contributed by atoms with Crippen molar-refractivity contribution in [3.05, 3.63) is 29.3 Å². The molecular weight excluding hydrogens is 270 g/mol. The van der Waals surface area contributed by atoms with Crippen molar-refractivity contribution in [1.29, 1.82) is 5.26 Å². The van der Waals surface area contributed by atoms with Gasteiger partial charge in [0.05, 0.1) is 11.6 Å². The van der Waals surface area contributed by atoms with Gasteiger partial charge in [0.15, 0.2) is 11.6 Å². The Hall–Kier alpha value is -2.20. The summed E-state index contributed by atoms with van der Waals surface area (Å²) >= 11 is 0. The standard InChI is InChI=1S/C13H12F2N2O3/c1-13(20-5-11(18)19)6-17(7-13)12-9(14)2-8(4-16)3-10(12)15/h2-3H,5-7H2,1H3,(H,18,19). The molecule has 1 aliphatic heterocycles. The molecule has 1 fully saturated rings. The van der Waals surface area contributed by atoms with Gasteiger partial charge < -0.3 is 14.7 Å². The zero-order valence-corrected chi connectivity index (χ0v) is 10.7. The van der Waals surface area contributed by atoms with E-state index in [1.807, 2.05) is 0 Å². The van der Waals surface area contributed by atoms with Gasteiger partial charge in [0.25, 0.3) is 0 Å². The zero-order valence-electron chi connectivity index (χ0n) is 10.7. The largest absolute Gasteiger partial charge is 0.480 e. The second kappa shape index (κ2) is 5.06. The van der Waals surface area contributed by atoms with Gasteiger partial charge in [0, 0.05) is 13.1 Å². The summed E-state index contributed by atoms with van der Waals surface area (Å²) in [6.07, 6.45) is 0. The summed E-state index contributed by atoms with van der Waals surface area (Å²) in [5.74, 6) is -2.73. The minimum atomic E-state index is -1.10. The van der Waals surface area contributed by atoms with Crippen LogP contribution in [0.15, 0.2) is 12.1 Å². The fourth-order valence-electron chi connectivity index (χ4n) is 2.18. The number of nitrogens with zero attached hydrogens (tertiary/aromatic N) is 2. The predicted octanol–water partition coefficient (Wildman–Crippen LogP) is 1.52. The van der Waals surface area contributed by atoms with Crippen LogP contribution in [0.3, 0.4) is 0 Å². The van der Waals surface area contributed by atoms with Crippen molar-refractivity contribution in [3.8, 4) is 6.07 Å². The number of ether oxygens (including phenoxy) is 1. The van der Waals surface area contributed by atoms with Crippen molar-refractivity contribution in [3.63, 3.8) is 0 Å². The molecule has 1 aromatic rings. The van der Waals surface area contributed by atoms with E-state index in [4.69, 9.17) is 15.1 Å². The van der Waals surface area contributed by atoms with Crippen LogP contribution in [0.5, 0.6) is 0 Å². The van der Waals surface area contributed by atoms with Crippen molar-refractivity contribution >= 4 is 11.7 Å². The van der Waals surface area contributed by atoms with Crippen molar-refractivity contribution in [2.75, 3.05) is 24.6 Å². The molecule has 1 aromatic carbocycles. The van der Waals surface area contributed by atoms with Crippen LogP contribution in [0.4, 0.5) is 14.5 Å². The van der Waals surface area contributed by atoms with Crippen molar-refractivity contribution in [2.24, 2.45) is 0 Å². The van der Waals surface area contributed by atoms with Crippen LogP contribution < -0.4 is 4.90 Å². The molecule has 7 heteroatoms. The Morgan fingerprint density at radius 2 is 2.05 bits per heavy atom. The van der Waals surface area contributed by atoms with E-state index in [1.54, 1.807) is 13.0 Å². The maximum absolute atomic E-state index is 13.8. The van der Waals surface area contributed by atoms with Gasteiger partial charge in [-0.15, -0.1) is 0 Å². The SMILES string of the molecule is CC1(OCC(=O)O)CN(c2c(F)cc(C#N)cc2F)C1. The molecule has 5 nitrogen and oxygen atoms in total. The fourth-order valence-corrected chi connectivity index (χ4v) is 2.18. The molecule has 0 radical (unpaired) electrons. The first kappa shape index (κ1) is 14.2. The number of hydrogen-bond acceptors (Lipinski definition) is 4. The lowest BCUT2D eigenvalue weighted by Gasteiger charge is -2.48. The van der Waals surface area contributed by atoms with Crippen LogP contribution in [0.1, 0.15) is 12.5 Å². The molecule has 0 spiro atoms. The predicted molar refractivity (Wildman–Crippen MR) is 65.3 cm³/mol. The van der Waals surface area contributed by atoms with E-state index in [1.165, 1.54) is 4.90 Å². The summed E-state index contributed by atoms with van der Waals surface area (Å²) in [5.41, 5.74) is -1.06. The van der Waals surface area contributed by atoms with Crippen LogP contribution in [0, 0.1) is 23.0 Å². The summed E-state index contributed by atoms with van der Waals surface area (Å²) in [5, 5.41) is 17.2. The summed E-state index contributed by atoms with van der Waals surface area (Å²) in [6, 6.07) is 3.60. The average Bonchev–Trinajstić information content (AvgIpc) is 2.33. The van der Waals surface area contributed by atoms with Crippen molar-refractivity contribution in [2.45, 2.75) is 12.5 Å². The summed E-state index contributed by atoms with van der Waals surface area (Å²) in [7, 11) is 0. The number of benzene rings is 1. The van der Waals surface area contributed by atoms with E-state index in [9.17, 15) is 13.6 Å². The lowest BCUT2D eigenvalue weighted by atomic mass is 9.95. The number of anilines is 1. The molecule has 0 amide bonds. The van der Waals surface area contributed by atoms with Crippen molar-refractivity contribution < 1.29 is 23.4 Å². The molecule has 106 valence electrons. The quantitative estimate of drug-likeness (QED) is 0.906. The Morgan fingerprint density at radius 1 is 1.50 bits per heavy atom. The molecule has 0 unspecified atom stereocenters. The van der Waals surface area contributed by atoms with Gasteiger partial charge in [0.2, 0.25) is 0 Å². The van der Waals surface area contributed by atoms with Crippen LogP contribution in [-0.4, -0.2) is 36.4 Å². The van der Waals surface area contributed by atoms with E-state index >= 15 is 0 Å². The highest BCUT2D eigenvalue weighted by Crippen LogP contribution is 2.34. The number of carbonyl (C=O) groups is 1. The van der Waals surface area contributed by atoms with E-state index in [2.05, 4.69) is 0 Å². The Morgan fingerprint density at radius 3 is 2.50 bits per heavy atom. The van der Waals surface area contributed by atoms with E-state index in [-0.39, 0.29) is 24.3 Å². The molecule has 1 N–H and O–H groups in total. The second-order valence-corrected chi connectivity index (χ2v) is 4.89. The third-order valence-corrected chi connectivity index (χ3v) is 3.06. The molecular formula is C13H12F2N2O3. The number of nitriles is 1. The van der Waals surface area contributed by atoms with Crippen LogP contribution in [-0.2, 0) is 9.53 Å². The maximum Gasteiger partial charge on any atom is 0.329 e. The van der Waals surface area contributed by atoms with E-state index < -0.39 is 29.8 Å². The molecule has 0 bridgehead atoms. The average molecular weight is 282 g/mol. The number of hydrogen-bond donors (Lipinski definition) is 1. The summed E-state index contributed by atoms with van der Waals surface area (Å²) in [4.78, 5) is 11.8. The summed E-state index contributed by atoms with van der Waals surface area (Å²) < 4.78 is 32.7. The van der Waals surface area contributed by atoms with Gasteiger partial charge >= 0.3 is 5.97 Å². The summed E-state index contributed by atoms with van der Waals surface area (Å²) in [6.45, 7) is 1.58. The third kappa shape index (κ3) is 2.70. The van der Waals surface area contributed by atoms with E-state index in [0.717, 1.165) is 12.1 Å². The molecule has 0 atom stereocenters. The molecule has 0 aliphatic carbocycles. The molecule has 1 heterocycles. The Labute approximate surface area is 114 Å². The second-order valence-electron chi connectivity index (χ2n) is 4.89. The van der Waals surface area contributed by atoms with Gasteiger partial charge in [0.1, 0.15) is 17.9 Å². The van der Waals surface area contributed by atoms with Crippen LogP contribution in [0.2, 0.25) is 0 Å². The highest BCUT2D eigenvalue weighted by atomic mass is 19.1. The van der Waals surface area contributed by atoms with Crippen molar-refractivity contribution in [1.82, 2.24) is 0 Å². The molecule has 1 saturated heterocycles. The Balaban J connectivity index is 2.10. The first-order valence-corrected chi connectivity index (χ1v) is 5.84. The van der Waals surface area contributed by atoms with Gasteiger partial charge in [-0.1, -0.05) is 0 Å². The number of carboxylic acid groups (broad SMARTS) is 1. The first-order valence-electron chi connectivity index (χ1n) is 5.84. The Bertz CT molecular complexity index is 569. The number of carboxylic acids is 1. The molecule has 2 rings (SSSR count). The topological polar surface area (TPSA) is 73.6 Å². The Kier molecular flexibility index (Phi) is 3.59. The molecule has 0 saturated carbocycles. The molecule has 0 aromatic heterocycles. The number of aliphatic carboxylic acids is 1. The normalized spacial score (nSPS) is 16.4. The van der Waals surface area contributed by atoms with Gasteiger partial charge in [-0.3, -0.25) is 0 Å². The number of halogens is 2. The molecule has 1 aliphatic rings. The van der Waals surface area contributed by atoms with Gasteiger partial charge in [-0.05, 0) is 19.1 Å². The maximum atomic E-state index is 13.8. The zero-order chi connectivity index (χ0) is 14.9. The lowest BCUT2D eigenvalue weighted by molar-refractivity contribution is -0.150. The van der Waals surface area contributed by atoms with E-state index in [0.29, 0.717) is 0 Å². The fraction of sp³-hybridized carbons (Fsp3) is 0.385. The highest BCUT2D eigenvalue weighted by molar-refractivity contribution is 5.68. The third-order valence-electron chi connectivity index (χ3n) is 3.06. The van der Waals surface area contributed by atoms with Crippen LogP contribution >= 0.6 is 0 Å².